The summed E-state index contributed by atoms with van der Waals surface area (Å²) in [4.78, 5) is 19.2. The molecule has 1 amide bonds. The number of benzene rings is 1. The first-order chi connectivity index (χ1) is 12.2. The Morgan fingerprint density at radius 1 is 1.32 bits per heavy atom. The normalized spacial score (nSPS) is 20.3. The van der Waals surface area contributed by atoms with Crippen molar-refractivity contribution in [3.05, 3.63) is 59.4 Å². The van der Waals surface area contributed by atoms with Gasteiger partial charge in [0.05, 0.1) is 5.56 Å². The molecule has 6 nitrogen and oxygen atoms in total. The second-order valence-corrected chi connectivity index (χ2v) is 6.67. The fourth-order valence-corrected chi connectivity index (χ4v) is 3.67. The van der Waals surface area contributed by atoms with E-state index < -0.39 is 0 Å². The number of likely N-dealkylation sites (tertiary alicyclic amines) is 1. The molecule has 1 aliphatic rings. The number of aryl methyl sites for hydroxylation is 1. The maximum atomic E-state index is 13.0. The smallest absolute Gasteiger partial charge is 0.255 e. The summed E-state index contributed by atoms with van der Waals surface area (Å²) in [5, 5.41) is 7.91. The Morgan fingerprint density at radius 3 is 2.88 bits per heavy atom. The molecule has 0 bridgehead atoms. The van der Waals surface area contributed by atoms with Crippen LogP contribution in [0.15, 0.2) is 42.6 Å². The predicted molar refractivity (Wildman–Crippen MR) is 96.3 cm³/mol. The zero-order chi connectivity index (χ0) is 17.4. The largest absolute Gasteiger partial charge is 0.338 e. The van der Waals surface area contributed by atoms with Crippen molar-refractivity contribution in [1.82, 2.24) is 20.1 Å². The highest BCUT2D eigenvalue weighted by Gasteiger charge is 2.35. The van der Waals surface area contributed by atoms with Crippen molar-refractivity contribution < 1.29 is 4.79 Å². The highest BCUT2D eigenvalue weighted by atomic mass is 16.2. The molecule has 1 fully saturated rings. The standard InChI is InChI=1S/C19H21N5O/c1-12-16-7-14(9-21-18(16)23-22-12)19(25)24-10-15(8-20)17(11-24)13-5-3-2-4-6-13/h2-7,9,15,17H,8,10-11,20H2,1H3,(H,21,22,23)/t15-,17+/m1/s1. The topological polar surface area (TPSA) is 87.9 Å². The van der Waals surface area contributed by atoms with E-state index in [9.17, 15) is 4.79 Å². The fourth-order valence-electron chi connectivity index (χ4n) is 3.67. The van der Waals surface area contributed by atoms with Crippen molar-refractivity contribution >= 4 is 16.9 Å². The van der Waals surface area contributed by atoms with Crippen LogP contribution >= 0.6 is 0 Å². The molecule has 2 atom stereocenters. The Balaban J connectivity index is 1.60. The minimum Gasteiger partial charge on any atom is -0.338 e. The summed E-state index contributed by atoms with van der Waals surface area (Å²) in [6.07, 6.45) is 1.61. The molecule has 2 aromatic heterocycles. The molecule has 1 aliphatic heterocycles. The number of nitrogens with two attached hydrogens (primary N) is 1. The lowest BCUT2D eigenvalue weighted by molar-refractivity contribution is 0.0786. The van der Waals surface area contributed by atoms with Crippen LogP contribution in [-0.4, -0.2) is 45.6 Å². The number of rotatable bonds is 3. The van der Waals surface area contributed by atoms with Gasteiger partial charge in [-0.25, -0.2) is 4.98 Å². The van der Waals surface area contributed by atoms with Gasteiger partial charge >= 0.3 is 0 Å². The minimum atomic E-state index is 0.00637. The Labute approximate surface area is 146 Å². The highest BCUT2D eigenvalue weighted by Crippen LogP contribution is 2.33. The summed E-state index contributed by atoms with van der Waals surface area (Å²) in [5.74, 6) is 0.563. The third kappa shape index (κ3) is 2.78. The van der Waals surface area contributed by atoms with Crippen molar-refractivity contribution in [2.24, 2.45) is 11.7 Å². The first-order valence-corrected chi connectivity index (χ1v) is 8.52. The molecule has 128 valence electrons. The van der Waals surface area contributed by atoms with Crippen molar-refractivity contribution in [2.75, 3.05) is 19.6 Å². The van der Waals surface area contributed by atoms with Gasteiger partial charge in [0.1, 0.15) is 0 Å². The number of H-pyrrole nitrogens is 1. The summed E-state index contributed by atoms with van der Waals surface area (Å²) in [6, 6.07) is 12.2. The lowest BCUT2D eigenvalue weighted by Gasteiger charge is -2.17. The zero-order valence-corrected chi connectivity index (χ0v) is 14.1. The van der Waals surface area contributed by atoms with E-state index in [0.717, 1.165) is 11.1 Å². The summed E-state index contributed by atoms with van der Waals surface area (Å²) < 4.78 is 0. The molecule has 1 saturated heterocycles. The van der Waals surface area contributed by atoms with Crippen LogP contribution in [0.25, 0.3) is 11.0 Å². The number of fused-ring (bicyclic) bond motifs is 1. The Hall–Kier alpha value is -2.73. The first kappa shape index (κ1) is 15.8. The predicted octanol–water partition coefficient (Wildman–Crippen LogP) is 2.08. The van der Waals surface area contributed by atoms with E-state index in [1.165, 1.54) is 5.56 Å². The number of amides is 1. The average molecular weight is 335 g/mol. The number of pyridine rings is 1. The molecule has 0 saturated carbocycles. The van der Waals surface area contributed by atoms with E-state index in [-0.39, 0.29) is 17.7 Å². The molecule has 3 aromatic rings. The van der Waals surface area contributed by atoms with Crippen molar-refractivity contribution in [2.45, 2.75) is 12.8 Å². The molecule has 4 rings (SSSR count). The zero-order valence-electron chi connectivity index (χ0n) is 14.1. The molecule has 0 aliphatic carbocycles. The molecule has 6 heteroatoms. The lowest BCUT2D eigenvalue weighted by atomic mass is 9.89. The summed E-state index contributed by atoms with van der Waals surface area (Å²) in [7, 11) is 0. The van der Waals surface area contributed by atoms with Crippen LogP contribution in [0.2, 0.25) is 0 Å². The number of hydrogen-bond donors (Lipinski definition) is 2. The maximum absolute atomic E-state index is 13.0. The number of carbonyl (C=O) groups is 1. The van der Waals surface area contributed by atoms with Crippen LogP contribution < -0.4 is 5.73 Å². The quantitative estimate of drug-likeness (QED) is 0.767. The average Bonchev–Trinajstić information content (AvgIpc) is 3.25. The van der Waals surface area contributed by atoms with Gasteiger partial charge in [0.2, 0.25) is 0 Å². The van der Waals surface area contributed by atoms with Gasteiger partial charge in [0, 0.05) is 36.3 Å². The van der Waals surface area contributed by atoms with Crippen molar-refractivity contribution in [3.8, 4) is 0 Å². The van der Waals surface area contributed by atoms with Crippen LogP contribution in [0.3, 0.4) is 0 Å². The number of nitrogens with zero attached hydrogens (tertiary/aromatic N) is 3. The number of aromatic amines is 1. The van der Waals surface area contributed by atoms with Gasteiger partial charge < -0.3 is 10.6 Å². The molecule has 0 spiro atoms. The van der Waals surface area contributed by atoms with E-state index in [1.807, 2.05) is 36.1 Å². The second-order valence-electron chi connectivity index (χ2n) is 6.67. The van der Waals surface area contributed by atoms with Gasteiger partial charge in [0.15, 0.2) is 5.65 Å². The summed E-state index contributed by atoms with van der Waals surface area (Å²) in [5.41, 5.74) is 9.38. The van der Waals surface area contributed by atoms with E-state index in [1.54, 1.807) is 6.20 Å². The van der Waals surface area contributed by atoms with Gasteiger partial charge in [-0.1, -0.05) is 30.3 Å². The minimum absolute atomic E-state index is 0.00637. The van der Waals surface area contributed by atoms with E-state index >= 15 is 0 Å². The van der Waals surface area contributed by atoms with Crippen LogP contribution in [-0.2, 0) is 0 Å². The number of nitrogens with one attached hydrogen (secondary N) is 1. The van der Waals surface area contributed by atoms with Gasteiger partial charge in [-0.05, 0) is 31.0 Å². The Kier molecular flexibility index (Phi) is 3.97. The number of aromatic nitrogens is 3. The van der Waals surface area contributed by atoms with E-state index in [4.69, 9.17) is 5.73 Å². The molecule has 3 heterocycles. The molecular weight excluding hydrogens is 314 g/mol. The highest BCUT2D eigenvalue weighted by molar-refractivity contribution is 5.97. The molecule has 25 heavy (non-hydrogen) atoms. The van der Waals surface area contributed by atoms with Crippen LogP contribution in [0.1, 0.15) is 27.5 Å². The second kappa shape index (κ2) is 6.29. The SMILES string of the molecule is Cc1[nH]nc2ncc(C(=O)N3C[C@@H](CN)[C@H](c4ccccc4)C3)cc12. The Morgan fingerprint density at radius 2 is 2.12 bits per heavy atom. The molecular formula is C19H21N5O. The monoisotopic (exact) mass is 335 g/mol. The van der Waals surface area contributed by atoms with E-state index in [0.29, 0.717) is 30.8 Å². The van der Waals surface area contributed by atoms with Gasteiger partial charge in [-0.2, -0.15) is 5.10 Å². The first-order valence-electron chi connectivity index (χ1n) is 8.52. The summed E-state index contributed by atoms with van der Waals surface area (Å²) >= 11 is 0. The van der Waals surface area contributed by atoms with Crippen LogP contribution in [0.4, 0.5) is 0 Å². The van der Waals surface area contributed by atoms with Gasteiger partial charge in [-0.3, -0.25) is 9.89 Å². The third-order valence-corrected chi connectivity index (χ3v) is 5.11. The number of hydrogen-bond acceptors (Lipinski definition) is 4. The third-order valence-electron chi connectivity index (χ3n) is 5.11. The molecule has 1 aromatic carbocycles. The van der Waals surface area contributed by atoms with Gasteiger partial charge in [-0.15, -0.1) is 0 Å². The summed E-state index contributed by atoms with van der Waals surface area (Å²) in [6.45, 7) is 3.86. The van der Waals surface area contributed by atoms with Crippen LogP contribution in [0.5, 0.6) is 0 Å². The fraction of sp³-hybridized carbons (Fsp3) is 0.316. The van der Waals surface area contributed by atoms with Crippen molar-refractivity contribution in [1.29, 1.82) is 0 Å². The molecule has 0 radical (unpaired) electrons. The lowest BCUT2D eigenvalue weighted by Crippen LogP contribution is -2.29. The van der Waals surface area contributed by atoms with Crippen LogP contribution in [0, 0.1) is 12.8 Å². The van der Waals surface area contributed by atoms with E-state index in [2.05, 4.69) is 27.3 Å². The molecule has 3 N–H and O–H groups in total. The van der Waals surface area contributed by atoms with Crippen molar-refractivity contribution in [3.63, 3.8) is 0 Å². The van der Waals surface area contributed by atoms with Gasteiger partial charge in [0.25, 0.3) is 5.91 Å². The molecule has 0 unspecified atom stereocenters. The Bertz CT molecular complexity index is 905. The number of carbonyl (C=O) groups excluding carboxylic acids is 1. The maximum Gasteiger partial charge on any atom is 0.255 e.